The van der Waals surface area contributed by atoms with Crippen LogP contribution < -0.4 is 9.47 Å². The number of para-hydroxylation sites is 1. The summed E-state index contributed by atoms with van der Waals surface area (Å²) in [6, 6.07) is 23.9. The van der Waals surface area contributed by atoms with Crippen LogP contribution in [0.25, 0.3) is 0 Å². The molecule has 3 heteroatoms. The van der Waals surface area contributed by atoms with Gasteiger partial charge in [-0.3, -0.25) is 0 Å². The first-order valence-electron chi connectivity index (χ1n) is 8.43. The summed E-state index contributed by atoms with van der Waals surface area (Å²) in [6.45, 7) is 2.53. The molecule has 126 valence electrons. The second-order valence-electron chi connectivity index (χ2n) is 6.34. The van der Waals surface area contributed by atoms with Gasteiger partial charge in [-0.1, -0.05) is 66.2 Å². The van der Waals surface area contributed by atoms with Crippen molar-refractivity contribution in [2.75, 3.05) is 0 Å². The molecule has 3 aromatic carbocycles. The van der Waals surface area contributed by atoms with Crippen LogP contribution in [0, 0.1) is 6.92 Å². The number of aryl methyl sites for hydroxylation is 1. The van der Waals surface area contributed by atoms with Crippen LogP contribution in [0.1, 0.15) is 28.2 Å². The summed E-state index contributed by atoms with van der Waals surface area (Å²) in [4.78, 5) is 0. The standard InChI is InChI=1S/C22H20O3/c1-15-11-12-20-18(13-15)21(22(23)25-20)17-9-5-6-10-19(17)24-14-16-7-3-2-4-8-16/h2-13,21-23H,14H2,1H3. The third-order valence-corrected chi connectivity index (χ3v) is 4.52. The lowest BCUT2D eigenvalue weighted by atomic mass is 9.90. The molecule has 0 fully saturated rings. The van der Waals surface area contributed by atoms with Crippen LogP contribution >= 0.6 is 0 Å². The fourth-order valence-electron chi connectivity index (χ4n) is 3.30. The van der Waals surface area contributed by atoms with Crippen molar-refractivity contribution in [2.45, 2.75) is 25.7 Å². The third-order valence-electron chi connectivity index (χ3n) is 4.52. The number of fused-ring (bicyclic) bond motifs is 1. The van der Waals surface area contributed by atoms with Gasteiger partial charge in [-0.15, -0.1) is 0 Å². The number of benzene rings is 3. The molecule has 0 saturated carbocycles. The van der Waals surface area contributed by atoms with Gasteiger partial charge in [-0.2, -0.15) is 0 Å². The van der Waals surface area contributed by atoms with Gasteiger partial charge in [0.15, 0.2) is 0 Å². The molecule has 0 amide bonds. The Morgan fingerprint density at radius 3 is 2.52 bits per heavy atom. The van der Waals surface area contributed by atoms with Crippen molar-refractivity contribution >= 4 is 0 Å². The quantitative estimate of drug-likeness (QED) is 0.769. The zero-order valence-corrected chi connectivity index (χ0v) is 14.1. The lowest BCUT2D eigenvalue weighted by molar-refractivity contribution is -0.0102. The average Bonchev–Trinajstić information content (AvgIpc) is 2.96. The molecule has 4 rings (SSSR count). The van der Waals surface area contributed by atoms with Crippen LogP contribution in [-0.4, -0.2) is 11.4 Å². The van der Waals surface area contributed by atoms with Gasteiger partial charge < -0.3 is 14.6 Å². The van der Waals surface area contributed by atoms with Crippen molar-refractivity contribution in [3.05, 3.63) is 95.1 Å². The summed E-state index contributed by atoms with van der Waals surface area (Å²) in [5, 5.41) is 10.5. The maximum Gasteiger partial charge on any atom is 0.208 e. The fraction of sp³-hybridized carbons (Fsp3) is 0.182. The monoisotopic (exact) mass is 332 g/mol. The first-order valence-corrected chi connectivity index (χ1v) is 8.43. The maximum absolute atomic E-state index is 10.5. The van der Waals surface area contributed by atoms with Gasteiger partial charge in [0.1, 0.15) is 18.1 Å². The maximum atomic E-state index is 10.5. The smallest absolute Gasteiger partial charge is 0.208 e. The summed E-state index contributed by atoms with van der Waals surface area (Å²) in [5.41, 5.74) is 4.19. The molecule has 3 nitrogen and oxygen atoms in total. The molecule has 0 bridgehead atoms. The third kappa shape index (κ3) is 3.11. The van der Waals surface area contributed by atoms with Crippen LogP contribution in [0.3, 0.4) is 0 Å². The predicted molar refractivity (Wildman–Crippen MR) is 96.9 cm³/mol. The van der Waals surface area contributed by atoms with Crippen LogP contribution in [-0.2, 0) is 6.61 Å². The first kappa shape index (κ1) is 15.7. The Balaban J connectivity index is 1.66. The van der Waals surface area contributed by atoms with Crippen molar-refractivity contribution in [1.29, 1.82) is 0 Å². The van der Waals surface area contributed by atoms with Crippen molar-refractivity contribution in [3.63, 3.8) is 0 Å². The van der Waals surface area contributed by atoms with E-state index in [1.807, 2.05) is 73.7 Å². The molecule has 0 aromatic heterocycles. The van der Waals surface area contributed by atoms with Crippen LogP contribution in [0.5, 0.6) is 11.5 Å². The van der Waals surface area contributed by atoms with Gasteiger partial charge in [0, 0.05) is 11.1 Å². The fourth-order valence-corrected chi connectivity index (χ4v) is 3.30. The molecule has 1 aliphatic rings. The SMILES string of the molecule is Cc1ccc2c(c1)C(c1ccccc1OCc1ccccc1)C(O)O2. The molecule has 1 aliphatic heterocycles. The van der Waals surface area contributed by atoms with Crippen LogP contribution in [0.4, 0.5) is 0 Å². The molecule has 0 aliphatic carbocycles. The molecule has 1 heterocycles. The normalized spacial score (nSPS) is 18.5. The molecule has 0 spiro atoms. The number of ether oxygens (including phenoxy) is 2. The second-order valence-corrected chi connectivity index (χ2v) is 6.34. The highest BCUT2D eigenvalue weighted by Gasteiger charge is 2.36. The number of rotatable bonds is 4. The molecule has 0 radical (unpaired) electrons. The lowest BCUT2D eigenvalue weighted by Gasteiger charge is -2.18. The molecule has 1 N–H and O–H groups in total. The topological polar surface area (TPSA) is 38.7 Å². The molecule has 2 atom stereocenters. The Hall–Kier alpha value is -2.78. The lowest BCUT2D eigenvalue weighted by Crippen LogP contribution is -2.19. The van der Waals surface area contributed by atoms with Gasteiger partial charge in [-0.05, 0) is 24.6 Å². The minimum atomic E-state index is -0.904. The summed E-state index contributed by atoms with van der Waals surface area (Å²) >= 11 is 0. The molecule has 25 heavy (non-hydrogen) atoms. The highest BCUT2D eigenvalue weighted by molar-refractivity contribution is 5.51. The van der Waals surface area contributed by atoms with Gasteiger partial charge >= 0.3 is 0 Å². The molecule has 2 unspecified atom stereocenters. The summed E-state index contributed by atoms with van der Waals surface area (Å²) in [5.74, 6) is 1.26. The van der Waals surface area contributed by atoms with Gasteiger partial charge in [0.2, 0.25) is 6.29 Å². The summed E-state index contributed by atoms with van der Waals surface area (Å²) in [7, 11) is 0. The highest BCUT2D eigenvalue weighted by atomic mass is 16.6. The van der Waals surface area contributed by atoms with Gasteiger partial charge in [-0.25, -0.2) is 0 Å². The largest absolute Gasteiger partial charge is 0.489 e. The van der Waals surface area contributed by atoms with Gasteiger partial charge in [0.25, 0.3) is 0 Å². The second kappa shape index (κ2) is 6.61. The van der Waals surface area contributed by atoms with E-state index in [4.69, 9.17) is 9.47 Å². The molecular weight excluding hydrogens is 312 g/mol. The van der Waals surface area contributed by atoms with Gasteiger partial charge in [0.05, 0.1) is 5.92 Å². The Bertz CT molecular complexity index is 873. The number of hydrogen-bond donors (Lipinski definition) is 1. The predicted octanol–water partition coefficient (Wildman–Crippen LogP) is 4.42. The van der Waals surface area contributed by atoms with E-state index in [1.54, 1.807) is 0 Å². The van der Waals surface area contributed by atoms with E-state index >= 15 is 0 Å². The summed E-state index contributed by atoms with van der Waals surface area (Å²) in [6.07, 6.45) is -0.904. The minimum Gasteiger partial charge on any atom is -0.489 e. The van der Waals surface area contributed by atoms with Crippen LogP contribution in [0.2, 0.25) is 0 Å². The zero-order valence-electron chi connectivity index (χ0n) is 14.1. The van der Waals surface area contributed by atoms with Crippen molar-refractivity contribution in [2.24, 2.45) is 0 Å². The Kier molecular flexibility index (Phi) is 4.16. The van der Waals surface area contributed by atoms with Crippen molar-refractivity contribution < 1.29 is 14.6 Å². The molecular formula is C22H20O3. The number of aliphatic hydroxyl groups is 1. The Morgan fingerprint density at radius 1 is 0.920 bits per heavy atom. The van der Waals surface area contributed by atoms with E-state index in [-0.39, 0.29) is 5.92 Å². The molecule has 0 saturated heterocycles. The Morgan fingerprint density at radius 2 is 1.68 bits per heavy atom. The van der Waals surface area contributed by atoms with E-state index in [0.29, 0.717) is 6.61 Å². The van der Waals surface area contributed by atoms with E-state index < -0.39 is 6.29 Å². The zero-order chi connectivity index (χ0) is 17.2. The van der Waals surface area contributed by atoms with E-state index in [2.05, 4.69) is 6.07 Å². The highest BCUT2D eigenvalue weighted by Crippen LogP contribution is 2.44. The molecule has 3 aromatic rings. The first-order chi connectivity index (χ1) is 12.2. The van der Waals surface area contributed by atoms with Crippen LogP contribution in [0.15, 0.2) is 72.8 Å². The minimum absolute atomic E-state index is 0.248. The summed E-state index contributed by atoms with van der Waals surface area (Å²) < 4.78 is 11.7. The van der Waals surface area contributed by atoms with E-state index in [0.717, 1.165) is 33.8 Å². The average molecular weight is 332 g/mol. The number of hydrogen-bond acceptors (Lipinski definition) is 3. The van der Waals surface area contributed by atoms with E-state index in [9.17, 15) is 5.11 Å². The van der Waals surface area contributed by atoms with Crippen molar-refractivity contribution in [1.82, 2.24) is 0 Å². The Labute approximate surface area is 147 Å². The van der Waals surface area contributed by atoms with E-state index in [1.165, 1.54) is 0 Å². The number of aliphatic hydroxyl groups excluding tert-OH is 1. The van der Waals surface area contributed by atoms with Crippen molar-refractivity contribution in [3.8, 4) is 11.5 Å².